The van der Waals surface area contributed by atoms with Crippen LogP contribution < -0.4 is 0 Å². The van der Waals surface area contributed by atoms with Gasteiger partial charge in [0.25, 0.3) is 0 Å². The van der Waals surface area contributed by atoms with Crippen molar-refractivity contribution < 1.29 is 32.8 Å². The highest BCUT2D eigenvalue weighted by Gasteiger charge is 2.24. The van der Waals surface area contributed by atoms with E-state index in [1.54, 1.807) is 0 Å². The molecule has 2 unspecified atom stereocenters. The third-order valence-corrected chi connectivity index (χ3v) is 7.23. The lowest BCUT2D eigenvalue weighted by Gasteiger charge is -2.24. The van der Waals surface area contributed by atoms with Crippen LogP contribution in [-0.2, 0) is 18.3 Å². The molecule has 0 heterocycles. The van der Waals surface area contributed by atoms with Crippen LogP contribution in [0.1, 0.15) is 110 Å². The molecule has 0 spiro atoms. The molecule has 0 aromatic heterocycles. The van der Waals surface area contributed by atoms with Crippen molar-refractivity contribution in [2.75, 3.05) is 54.1 Å². The summed E-state index contributed by atoms with van der Waals surface area (Å²) in [5.41, 5.74) is 0. The second kappa shape index (κ2) is 25.4. The molecule has 0 aliphatic heterocycles. The van der Waals surface area contributed by atoms with Gasteiger partial charge in [-0.15, -0.1) is 0 Å². The number of hydrogen-bond donors (Lipinski definition) is 2. The number of quaternary nitrogens is 1. The highest BCUT2D eigenvalue weighted by Crippen LogP contribution is 2.43. The maximum atomic E-state index is 11.8. The third-order valence-electron chi connectivity index (χ3n) is 6.25. The summed E-state index contributed by atoms with van der Waals surface area (Å²) in [6.07, 6.45) is 28.3. The number of aliphatic hydroxyl groups is 1. The Morgan fingerprint density at radius 3 is 1.79 bits per heavy atom. The molecule has 0 radical (unpaired) electrons. The van der Waals surface area contributed by atoms with E-state index in [0.29, 0.717) is 17.6 Å². The summed E-state index contributed by atoms with van der Waals surface area (Å²) >= 11 is 0. The van der Waals surface area contributed by atoms with Crippen molar-refractivity contribution in [2.24, 2.45) is 0 Å². The Kier molecular flexibility index (Phi) is 25.1. The monoisotopic (exact) mass is 562 g/mol. The minimum atomic E-state index is -4.14. The van der Waals surface area contributed by atoms with Gasteiger partial charge in [-0.25, -0.2) is 4.57 Å². The molecular formula is C30H61NO6P+. The van der Waals surface area contributed by atoms with Crippen LogP contribution in [0.4, 0.5) is 0 Å². The van der Waals surface area contributed by atoms with Crippen LogP contribution >= 0.6 is 7.82 Å². The number of phosphoric ester groups is 1. The first-order valence-electron chi connectivity index (χ1n) is 15.1. The molecule has 8 heteroatoms. The maximum absolute atomic E-state index is 11.8. The number of ether oxygens (including phenoxy) is 1. The van der Waals surface area contributed by atoms with Crippen LogP contribution in [0.3, 0.4) is 0 Å². The molecule has 0 bridgehead atoms. The van der Waals surface area contributed by atoms with Gasteiger partial charge in [-0.1, -0.05) is 95.4 Å². The van der Waals surface area contributed by atoms with Crippen LogP contribution in [0.5, 0.6) is 0 Å². The van der Waals surface area contributed by atoms with Crippen molar-refractivity contribution in [3.05, 3.63) is 24.3 Å². The molecule has 38 heavy (non-hydrogen) atoms. The van der Waals surface area contributed by atoms with Crippen molar-refractivity contribution in [3.63, 3.8) is 0 Å². The number of phosphoric acid groups is 1. The van der Waals surface area contributed by atoms with Gasteiger partial charge in [0.1, 0.15) is 19.3 Å². The Morgan fingerprint density at radius 1 is 0.711 bits per heavy atom. The summed E-state index contributed by atoms with van der Waals surface area (Å²) in [5.74, 6) is 0. The molecule has 0 aromatic carbocycles. The lowest BCUT2D eigenvalue weighted by atomic mass is 10.1. The molecule has 0 fully saturated rings. The summed E-state index contributed by atoms with van der Waals surface area (Å²) in [7, 11) is 1.75. The van der Waals surface area contributed by atoms with Gasteiger partial charge in [0.05, 0.1) is 34.4 Å². The number of allylic oxidation sites excluding steroid dienone is 4. The molecule has 0 aliphatic carbocycles. The standard InChI is InChI=1S/C30H60NO6P/c1-5-6-7-8-9-10-11-12-13-14-15-16-17-18-19-20-21-22-23-24-26-35-28-30(32)29-37-38(33,34)36-27-25-31(2,3)4/h9-10,12-13,30,32H,5-8,11,14-29H2,1-4H3/p+1/b10-9-,13-12-. The highest BCUT2D eigenvalue weighted by atomic mass is 31.2. The Labute approximate surface area is 234 Å². The van der Waals surface area contributed by atoms with Gasteiger partial charge in [0.15, 0.2) is 0 Å². The summed E-state index contributed by atoms with van der Waals surface area (Å²) in [4.78, 5) is 9.66. The second-order valence-electron chi connectivity index (χ2n) is 11.3. The molecule has 2 atom stereocenters. The average molecular weight is 563 g/mol. The van der Waals surface area contributed by atoms with Gasteiger partial charge in [0.2, 0.25) is 0 Å². The fraction of sp³-hybridized carbons (Fsp3) is 0.867. The van der Waals surface area contributed by atoms with Gasteiger partial charge in [-0.05, 0) is 38.5 Å². The lowest BCUT2D eigenvalue weighted by molar-refractivity contribution is -0.870. The first-order chi connectivity index (χ1) is 18.2. The van der Waals surface area contributed by atoms with Crippen molar-refractivity contribution in [2.45, 2.75) is 116 Å². The summed E-state index contributed by atoms with van der Waals surface area (Å²) in [5, 5.41) is 9.89. The molecule has 0 aliphatic rings. The van der Waals surface area contributed by atoms with E-state index in [2.05, 4.69) is 31.2 Å². The van der Waals surface area contributed by atoms with Crippen molar-refractivity contribution in [1.29, 1.82) is 0 Å². The Morgan fingerprint density at radius 2 is 1.24 bits per heavy atom. The minimum absolute atomic E-state index is 0.0881. The van der Waals surface area contributed by atoms with Crippen molar-refractivity contribution in [1.82, 2.24) is 0 Å². The molecule has 7 nitrogen and oxygen atoms in total. The van der Waals surface area contributed by atoms with Crippen molar-refractivity contribution >= 4 is 7.82 Å². The van der Waals surface area contributed by atoms with Gasteiger partial charge in [0, 0.05) is 6.61 Å². The van der Waals surface area contributed by atoms with E-state index in [-0.39, 0.29) is 19.8 Å². The Hall–Kier alpha value is -0.530. The number of unbranched alkanes of at least 4 members (excludes halogenated alkanes) is 13. The Balaban J connectivity index is 3.39. The van der Waals surface area contributed by atoms with Gasteiger partial charge in [-0.3, -0.25) is 9.05 Å². The van der Waals surface area contributed by atoms with Crippen LogP contribution in [0.25, 0.3) is 0 Å². The zero-order valence-corrected chi connectivity index (χ0v) is 26.1. The maximum Gasteiger partial charge on any atom is 0.472 e. The smallest absolute Gasteiger partial charge is 0.388 e. The van der Waals surface area contributed by atoms with E-state index in [1.807, 2.05) is 21.1 Å². The zero-order chi connectivity index (χ0) is 28.4. The van der Waals surface area contributed by atoms with Gasteiger partial charge >= 0.3 is 7.82 Å². The van der Waals surface area contributed by atoms with Crippen molar-refractivity contribution in [3.8, 4) is 0 Å². The number of nitrogens with zero attached hydrogens (tertiary/aromatic N) is 1. The summed E-state index contributed by atoms with van der Waals surface area (Å²) in [6, 6.07) is 0. The van der Waals surface area contributed by atoms with Crippen LogP contribution in [0, 0.1) is 0 Å². The summed E-state index contributed by atoms with van der Waals surface area (Å²) < 4.78 is 27.7. The fourth-order valence-corrected chi connectivity index (χ4v) is 4.56. The molecule has 226 valence electrons. The largest absolute Gasteiger partial charge is 0.472 e. The zero-order valence-electron chi connectivity index (χ0n) is 25.2. The SMILES string of the molecule is CCCCC/C=C\C/C=C\CCCCCCCCCCCCOCC(O)COP(=O)(O)OCC[N+](C)(C)C. The van der Waals surface area contributed by atoms with Gasteiger partial charge < -0.3 is 19.2 Å². The molecule has 0 aromatic rings. The quantitative estimate of drug-likeness (QED) is 0.0443. The molecular weight excluding hydrogens is 501 g/mol. The van der Waals surface area contributed by atoms with E-state index in [9.17, 15) is 14.6 Å². The van der Waals surface area contributed by atoms with Crippen LogP contribution in [0.15, 0.2) is 24.3 Å². The first-order valence-corrected chi connectivity index (χ1v) is 16.6. The highest BCUT2D eigenvalue weighted by molar-refractivity contribution is 7.47. The second-order valence-corrected chi connectivity index (χ2v) is 12.8. The topological polar surface area (TPSA) is 85.2 Å². The number of hydrogen-bond acceptors (Lipinski definition) is 5. The average Bonchev–Trinajstić information content (AvgIpc) is 2.85. The lowest BCUT2D eigenvalue weighted by Crippen LogP contribution is -2.37. The Bertz CT molecular complexity index is 620. The number of aliphatic hydroxyl groups excluding tert-OH is 1. The van der Waals surface area contributed by atoms with E-state index in [4.69, 9.17) is 13.8 Å². The van der Waals surface area contributed by atoms with E-state index in [1.165, 1.54) is 83.5 Å². The van der Waals surface area contributed by atoms with E-state index >= 15 is 0 Å². The minimum Gasteiger partial charge on any atom is -0.388 e. The van der Waals surface area contributed by atoms with E-state index in [0.717, 1.165) is 19.3 Å². The van der Waals surface area contributed by atoms with Gasteiger partial charge in [-0.2, -0.15) is 0 Å². The molecule has 0 amide bonds. The predicted molar refractivity (Wildman–Crippen MR) is 159 cm³/mol. The number of likely N-dealkylation sites (N-methyl/N-ethyl adjacent to an activating group) is 1. The predicted octanol–water partition coefficient (Wildman–Crippen LogP) is 7.58. The molecule has 0 saturated heterocycles. The normalized spacial score (nSPS) is 15.0. The number of rotatable bonds is 28. The first kappa shape index (κ1) is 37.5. The fourth-order valence-electron chi connectivity index (χ4n) is 3.81. The van der Waals surface area contributed by atoms with Crippen LogP contribution in [-0.4, -0.2) is 74.7 Å². The van der Waals surface area contributed by atoms with E-state index < -0.39 is 13.9 Å². The molecule has 2 N–H and O–H groups in total. The molecule has 0 rings (SSSR count). The third kappa shape index (κ3) is 30.0. The summed E-state index contributed by atoms with van der Waals surface area (Å²) in [6.45, 7) is 3.32. The van der Waals surface area contributed by atoms with Crippen LogP contribution in [0.2, 0.25) is 0 Å². The molecule has 0 saturated carbocycles.